The Morgan fingerprint density at radius 1 is 0.292 bits per heavy atom. The molecule has 0 nitrogen and oxygen atoms in total. The maximum absolute atomic E-state index is 2.46. The molecule has 556 valence electrons. The first-order valence-corrected chi connectivity index (χ1v) is 42.6. The number of aryl methyl sites for hydroxylation is 2. The highest BCUT2D eigenvalue weighted by atomic mass is 14.4. The molecular formula is C113H104. The fourth-order valence-corrected chi connectivity index (χ4v) is 20.7. The summed E-state index contributed by atoms with van der Waals surface area (Å²) in [6.07, 6.45) is 51.3. The van der Waals surface area contributed by atoms with Crippen molar-refractivity contribution in [3.05, 3.63) is 384 Å². The van der Waals surface area contributed by atoms with Crippen molar-refractivity contribution in [1.29, 1.82) is 0 Å². The number of hydrogen-bond acceptors (Lipinski definition) is 0. The highest BCUT2D eigenvalue weighted by molar-refractivity contribution is 6.44. The van der Waals surface area contributed by atoms with E-state index in [1.165, 1.54) is 224 Å². The molecule has 14 aromatic rings. The van der Waals surface area contributed by atoms with Gasteiger partial charge in [0.1, 0.15) is 0 Å². The second-order valence-electron chi connectivity index (χ2n) is 30.6. The van der Waals surface area contributed by atoms with Crippen molar-refractivity contribution in [2.45, 2.75) is 135 Å². The van der Waals surface area contributed by atoms with Crippen LogP contribution in [0.25, 0.3) is 137 Å². The lowest BCUT2D eigenvalue weighted by Crippen LogP contribution is -2.44. The minimum Gasteiger partial charge on any atom is -0.0683 e. The van der Waals surface area contributed by atoms with E-state index in [1.54, 1.807) is 5.57 Å². The second-order valence-corrected chi connectivity index (χ2v) is 30.6. The number of rotatable bonds is 5. The van der Waals surface area contributed by atoms with E-state index in [-0.39, 0.29) is 0 Å². The van der Waals surface area contributed by atoms with Crippen molar-refractivity contribution in [3.63, 3.8) is 0 Å². The highest BCUT2D eigenvalue weighted by Crippen LogP contribution is 2.56. The molecule has 0 saturated heterocycles. The standard InChI is InChI=1S/C26H16.C25H20.C21H16.C18H14.C15H14.4C2H6/c1-2-14-13-19-10-9-17-6-4-15-3-5-16-7-8-18-11-12-20(14)26-24(18)22(16)21(15)23(17)25(19)26;1-3-19-20-8-4-6-15-12-17-10-14(2)11-18-13-16-7-5-9-21(19)24(16)25(22(17)18)23(15)20;1-2-16-17-7-3-5-13-9-11-15-12-10-14-6-4-8-18(16)20(14)21(15)19(13)17;1-2-12-10-15-8-6-13-4-3-5-14-7-9-16(11-12)18(15)17(13)14;1-2-11-9-13-7-3-5-12-6-4-8-14(10-11)15(12)13;4*1-2/h3-13H,2H2,1H3;4-13,22-23H,3H2,1-2H3;3-12,19H,2H2,1H3;3-11H,2H2,1H3;3-10,15H,2H2,1H3;4*1-2H3. The van der Waals surface area contributed by atoms with Crippen LogP contribution in [-0.2, 0) is 12.8 Å². The molecule has 11 aliphatic rings. The molecule has 4 atom stereocenters. The third-order valence-corrected chi connectivity index (χ3v) is 25.1. The average Bonchev–Trinajstić information content (AvgIpc) is 0.682. The molecule has 0 amide bonds. The highest BCUT2D eigenvalue weighted by Gasteiger charge is 2.42. The Morgan fingerprint density at radius 2 is 0.761 bits per heavy atom. The molecule has 113 heavy (non-hydrogen) atoms. The van der Waals surface area contributed by atoms with E-state index in [0.717, 1.165) is 32.1 Å². The molecule has 11 aliphatic carbocycles. The molecule has 0 radical (unpaired) electrons. The van der Waals surface area contributed by atoms with Gasteiger partial charge in [0.2, 0.25) is 0 Å². The van der Waals surface area contributed by atoms with Crippen LogP contribution in [0, 0.1) is 17.8 Å². The Kier molecular flexibility index (Phi) is 20.2. The first-order chi connectivity index (χ1) is 55.7. The van der Waals surface area contributed by atoms with Crippen LogP contribution >= 0.6 is 0 Å². The van der Waals surface area contributed by atoms with E-state index < -0.39 is 0 Å². The Labute approximate surface area is 669 Å². The van der Waals surface area contributed by atoms with Crippen LogP contribution in [0.15, 0.2) is 341 Å². The van der Waals surface area contributed by atoms with Gasteiger partial charge in [-0.25, -0.2) is 0 Å². The molecule has 0 fully saturated rings. The van der Waals surface area contributed by atoms with Crippen molar-refractivity contribution < 1.29 is 0 Å². The van der Waals surface area contributed by atoms with Crippen LogP contribution in [-0.4, -0.2) is 0 Å². The van der Waals surface area contributed by atoms with Crippen molar-refractivity contribution in [3.8, 4) is 0 Å². The van der Waals surface area contributed by atoms with Crippen LogP contribution in [0.5, 0.6) is 0 Å². The second kappa shape index (κ2) is 30.8. The maximum Gasteiger partial charge on any atom is 0.0355 e. The quantitative estimate of drug-likeness (QED) is 0.119. The van der Waals surface area contributed by atoms with Gasteiger partial charge >= 0.3 is 0 Å². The Morgan fingerprint density at radius 3 is 1.37 bits per heavy atom. The van der Waals surface area contributed by atoms with E-state index in [2.05, 4.69) is 333 Å². The predicted octanol–water partition coefficient (Wildman–Crippen LogP) is 30.6. The van der Waals surface area contributed by atoms with Crippen LogP contribution in [0.4, 0.5) is 0 Å². The Hall–Kier alpha value is -11.7. The summed E-state index contributed by atoms with van der Waals surface area (Å²) >= 11 is 0. The van der Waals surface area contributed by atoms with Gasteiger partial charge in [-0.1, -0.05) is 387 Å². The van der Waals surface area contributed by atoms with Crippen LogP contribution in [0.3, 0.4) is 0 Å². The smallest absolute Gasteiger partial charge is 0.0355 e. The zero-order valence-corrected chi connectivity index (χ0v) is 68.6. The Bertz CT molecular complexity index is 6770. The van der Waals surface area contributed by atoms with Gasteiger partial charge in [0, 0.05) is 23.7 Å². The number of allylic oxidation sites excluding steroid dienone is 31. The molecule has 0 heterocycles. The van der Waals surface area contributed by atoms with Crippen LogP contribution < -0.4 is 10.4 Å². The summed E-state index contributed by atoms with van der Waals surface area (Å²) in [6, 6.07) is 63.8. The zero-order valence-electron chi connectivity index (χ0n) is 68.6. The van der Waals surface area contributed by atoms with Gasteiger partial charge in [-0.3, -0.25) is 0 Å². The number of hydrogen-bond donors (Lipinski definition) is 0. The lowest BCUT2D eigenvalue weighted by atomic mass is 9.60. The first kappa shape index (κ1) is 74.1. The van der Waals surface area contributed by atoms with E-state index in [9.17, 15) is 0 Å². The molecule has 0 spiro atoms. The molecule has 0 heteroatoms. The van der Waals surface area contributed by atoms with Crippen molar-refractivity contribution >= 4 is 137 Å². The van der Waals surface area contributed by atoms with E-state index in [4.69, 9.17) is 0 Å². The van der Waals surface area contributed by atoms with E-state index in [1.807, 2.05) is 55.4 Å². The molecular weight excluding hydrogens is 1360 g/mol. The Balaban J connectivity index is 0.000000101. The van der Waals surface area contributed by atoms with E-state index in [0.29, 0.717) is 23.7 Å². The van der Waals surface area contributed by atoms with Crippen LogP contribution in [0.2, 0.25) is 0 Å². The maximum atomic E-state index is 2.46. The van der Waals surface area contributed by atoms with Gasteiger partial charge in [0.25, 0.3) is 0 Å². The summed E-state index contributed by atoms with van der Waals surface area (Å²) in [5.41, 5.74) is 29.4. The fourth-order valence-electron chi connectivity index (χ4n) is 20.7. The summed E-state index contributed by atoms with van der Waals surface area (Å²) in [6.45, 7) is 29.5. The summed E-state index contributed by atoms with van der Waals surface area (Å²) in [7, 11) is 0. The summed E-state index contributed by atoms with van der Waals surface area (Å²) in [5, 5.41) is 31.0. The average molecular weight is 1460 g/mol. The van der Waals surface area contributed by atoms with Crippen LogP contribution in [0.1, 0.15) is 155 Å². The minimum absolute atomic E-state index is 0.444. The molecule has 4 unspecified atom stereocenters. The third-order valence-electron chi connectivity index (χ3n) is 25.1. The van der Waals surface area contributed by atoms with Crippen molar-refractivity contribution in [2.24, 2.45) is 17.8 Å². The van der Waals surface area contributed by atoms with Crippen molar-refractivity contribution in [1.82, 2.24) is 0 Å². The number of benzene rings is 14. The molecule has 14 aromatic carbocycles. The third kappa shape index (κ3) is 11.9. The lowest BCUT2D eigenvalue weighted by Gasteiger charge is -2.43. The van der Waals surface area contributed by atoms with Crippen molar-refractivity contribution in [2.75, 3.05) is 0 Å². The monoisotopic (exact) mass is 1460 g/mol. The lowest BCUT2D eigenvalue weighted by molar-refractivity contribution is 0.779. The molecule has 0 aromatic heterocycles. The first-order valence-electron chi connectivity index (χ1n) is 42.6. The summed E-state index contributed by atoms with van der Waals surface area (Å²) in [4.78, 5) is 0. The molecule has 0 bridgehead atoms. The summed E-state index contributed by atoms with van der Waals surface area (Å²) < 4.78 is 0. The van der Waals surface area contributed by atoms with Gasteiger partial charge in [-0.15, -0.1) is 0 Å². The normalized spacial score (nSPS) is 18.5. The topological polar surface area (TPSA) is 0 Å². The summed E-state index contributed by atoms with van der Waals surface area (Å²) in [5.74, 6) is 1.85. The van der Waals surface area contributed by atoms with Gasteiger partial charge in [0.05, 0.1) is 0 Å². The van der Waals surface area contributed by atoms with Gasteiger partial charge in [-0.05, 0) is 263 Å². The molecule has 0 aliphatic heterocycles. The molecule has 25 rings (SSSR count). The minimum atomic E-state index is 0.444. The van der Waals surface area contributed by atoms with Gasteiger partial charge in [0.15, 0.2) is 0 Å². The fraction of sp³-hybridized carbons (Fsp3) is 0.204. The van der Waals surface area contributed by atoms with Gasteiger partial charge in [-0.2, -0.15) is 0 Å². The molecule has 0 saturated carbocycles. The zero-order chi connectivity index (χ0) is 78.0. The van der Waals surface area contributed by atoms with E-state index >= 15 is 0 Å². The predicted molar refractivity (Wildman–Crippen MR) is 499 cm³/mol. The van der Waals surface area contributed by atoms with Gasteiger partial charge < -0.3 is 0 Å². The SMILES string of the molecule is CC.CC.CC.CC.CCC1=C2C=CC=C3C=C4C=C(C)C=C5C=c6cccc1c6=C(C54)C32.CCC1=C2C=CC=C3C=Cc4ccc5cccc1c5c4C32.CCC1=CC2=CC=CC3=CC=CC(=C1)C32.CCc1cc2ccc3ccc4ccc5ccc6ccc1c1c6c5c4c3c21.CCc1cc2ccc3cccc4ccc(c1)c2c34. The molecule has 0 N–H and O–H groups in total. The largest absolute Gasteiger partial charge is 0.0683 e.